The summed E-state index contributed by atoms with van der Waals surface area (Å²) in [6.07, 6.45) is 0.686. The third-order valence-corrected chi connectivity index (χ3v) is 4.60. The lowest BCUT2D eigenvalue weighted by atomic mass is 10.1. The number of hydrogen-bond acceptors (Lipinski definition) is 6. The molecule has 0 spiro atoms. The molecule has 0 atom stereocenters. The Kier molecular flexibility index (Phi) is 4.73. The second kappa shape index (κ2) is 6.31. The van der Waals surface area contributed by atoms with Gasteiger partial charge in [-0.25, -0.2) is 4.39 Å². The van der Waals surface area contributed by atoms with Crippen LogP contribution in [-0.2, 0) is 6.42 Å². The van der Waals surface area contributed by atoms with Crippen LogP contribution in [0.5, 0.6) is 0 Å². The normalized spacial score (nSPS) is 10.7. The first-order chi connectivity index (χ1) is 9.10. The number of nitrogens with two attached hydrogens (primary N) is 1. The van der Waals surface area contributed by atoms with Crippen LogP contribution in [0.15, 0.2) is 27.4 Å². The van der Waals surface area contributed by atoms with Gasteiger partial charge in [-0.05, 0) is 30.7 Å². The molecule has 0 aliphatic heterocycles. The van der Waals surface area contributed by atoms with Crippen LogP contribution in [0, 0.1) is 5.82 Å². The molecular weight excluding hydrogens is 283 g/mol. The van der Waals surface area contributed by atoms with Gasteiger partial charge in [0.05, 0.1) is 4.90 Å². The van der Waals surface area contributed by atoms with Gasteiger partial charge in [0.2, 0.25) is 5.13 Å². The highest BCUT2D eigenvalue weighted by atomic mass is 32.2. The monoisotopic (exact) mass is 298 g/mol. The molecule has 102 valence electrons. The van der Waals surface area contributed by atoms with Crippen LogP contribution in [0.25, 0.3) is 0 Å². The Hall–Kier alpha value is -1.18. The van der Waals surface area contributed by atoms with Crippen LogP contribution in [0.1, 0.15) is 5.56 Å². The zero-order valence-electron chi connectivity index (χ0n) is 10.8. The maximum absolute atomic E-state index is 13.9. The van der Waals surface area contributed by atoms with Gasteiger partial charge in [-0.1, -0.05) is 29.2 Å². The van der Waals surface area contributed by atoms with Crippen LogP contribution in [0.4, 0.5) is 9.52 Å². The lowest BCUT2D eigenvalue weighted by Gasteiger charge is -2.04. The highest BCUT2D eigenvalue weighted by Gasteiger charge is 2.10. The summed E-state index contributed by atoms with van der Waals surface area (Å²) in [5.74, 6) is -0.238. The quantitative estimate of drug-likeness (QED) is 0.918. The Labute approximate surface area is 119 Å². The fraction of sp³-hybridized carbons (Fsp3) is 0.333. The van der Waals surface area contributed by atoms with Crippen LogP contribution in [-0.4, -0.2) is 30.8 Å². The van der Waals surface area contributed by atoms with E-state index >= 15 is 0 Å². The Bertz CT molecular complexity index is 556. The van der Waals surface area contributed by atoms with Crippen molar-refractivity contribution in [2.24, 2.45) is 5.73 Å². The van der Waals surface area contributed by atoms with E-state index in [4.69, 9.17) is 5.73 Å². The Morgan fingerprint density at radius 2 is 2.16 bits per heavy atom. The minimum absolute atomic E-state index is 0.238. The van der Waals surface area contributed by atoms with Gasteiger partial charge in [-0.3, -0.25) is 0 Å². The van der Waals surface area contributed by atoms with Crippen molar-refractivity contribution in [3.05, 3.63) is 29.6 Å². The average molecular weight is 298 g/mol. The van der Waals surface area contributed by atoms with E-state index < -0.39 is 0 Å². The van der Waals surface area contributed by atoms with Crippen molar-refractivity contribution >= 4 is 28.2 Å². The van der Waals surface area contributed by atoms with E-state index in [0.29, 0.717) is 17.9 Å². The summed E-state index contributed by atoms with van der Waals surface area (Å²) in [7, 11) is 3.80. The van der Waals surface area contributed by atoms with Crippen molar-refractivity contribution in [1.82, 2.24) is 10.2 Å². The lowest BCUT2D eigenvalue weighted by Crippen LogP contribution is -2.07. The molecule has 1 aromatic carbocycles. The predicted octanol–water partition coefficient (Wildman–Crippen LogP) is 2.40. The number of benzene rings is 1. The molecule has 2 rings (SSSR count). The number of nitrogens with zero attached hydrogens (tertiary/aromatic N) is 3. The molecule has 0 unspecified atom stereocenters. The van der Waals surface area contributed by atoms with E-state index in [0.717, 1.165) is 15.0 Å². The highest BCUT2D eigenvalue weighted by Crippen LogP contribution is 2.34. The fourth-order valence-electron chi connectivity index (χ4n) is 1.47. The van der Waals surface area contributed by atoms with Gasteiger partial charge in [0.1, 0.15) is 5.82 Å². The van der Waals surface area contributed by atoms with E-state index in [1.807, 2.05) is 25.1 Å². The molecule has 0 radical (unpaired) electrons. The van der Waals surface area contributed by atoms with E-state index in [1.165, 1.54) is 29.2 Å². The molecule has 2 aromatic rings. The molecule has 7 heteroatoms. The molecular formula is C12H15FN4S2. The Balaban J connectivity index is 2.13. The van der Waals surface area contributed by atoms with Crippen molar-refractivity contribution in [1.29, 1.82) is 0 Å². The SMILES string of the molecule is CN(C)c1nnc(Sc2ccc(CCN)cc2F)s1. The minimum Gasteiger partial charge on any atom is -0.353 e. The second-order valence-electron chi connectivity index (χ2n) is 4.15. The highest BCUT2D eigenvalue weighted by molar-refractivity contribution is 8.01. The van der Waals surface area contributed by atoms with E-state index in [1.54, 1.807) is 6.07 Å². The average Bonchev–Trinajstić information content (AvgIpc) is 2.82. The fourth-order valence-corrected chi connectivity index (χ4v) is 3.19. The van der Waals surface area contributed by atoms with E-state index in [-0.39, 0.29) is 5.82 Å². The topological polar surface area (TPSA) is 55.0 Å². The molecule has 0 amide bonds. The molecule has 2 N–H and O–H groups in total. The Morgan fingerprint density at radius 3 is 2.74 bits per heavy atom. The molecule has 0 aliphatic rings. The van der Waals surface area contributed by atoms with Gasteiger partial charge in [0, 0.05) is 14.1 Å². The lowest BCUT2D eigenvalue weighted by molar-refractivity contribution is 0.599. The third-order valence-electron chi connectivity index (χ3n) is 2.40. The summed E-state index contributed by atoms with van der Waals surface area (Å²) in [6, 6.07) is 5.19. The van der Waals surface area contributed by atoms with Crippen LogP contribution < -0.4 is 10.6 Å². The first kappa shape index (κ1) is 14.2. The second-order valence-corrected chi connectivity index (χ2v) is 6.40. The Morgan fingerprint density at radius 1 is 1.37 bits per heavy atom. The van der Waals surface area contributed by atoms with Crippen molar-refractivity contribution in [3.63, 3.8) is 0 Å². The van der Waals surface area contributed by atoms with Crippen LogP contribution in [0.2, 0.25) is 0 Å². The zero-order chi connectivity index (χ0) is 13.8. The molecule has 0 aliphatic carbocycles. The van der Waals surface area contributed by atoms with Crippen molar-refractivity contribution in [3.8, 4) is 0 Å². The molecule has 1 aromatic heterocycles. The maximum atomic E-state index is 13.9. The molecule has 0 saturated carbocycles. The van der Waals surface area contributed by atoms with Gasteiger partial charge < -0.3 is 10.6 Å². The van der Waals surface area contributed by atoms with E-state index in [9.17, 15) is 4.39 Å². The van der Waals surface area contributed by atoms with Crippen LogP contribution >= 0.6 is 23.1 Å². The molecule has 1 heterocycles. The number of aromatic nitrogens is 2. The van der Waals surface area contributed by atoms with Crippen LogP contribution in [0.3, 0.4) is 0 Å². The molecule has 0 saturated heterocycles. The molecule has 19 heavy (non-hydrogen) atoms. The number of anilines is 1. The molecule has 0 fully saturated rings. The number of rotatable bonds is 5. The summed E-state index contributed by atoms with van der Waals surface area (Å²) >= 11 is 2.73. The van der Waals surface area contributed by atoms with Crippen molar-refractivity contribution in [2.45, 2.75) is 15.7 Å². The standard InChI is InChI=1S/C12H15FN4S2/c1-17(2)11-15-16-12(19-11)18-10-4-3-8(5-6-14)7-9(10)13/h3-4,7H,5-6,14H2,1-2H3. The maximum Gasteiger partial charge on any atom is 0.208 e. The van der Waals surface area contributed by atoms with Gasteiger partial charge in [0.25, 0.3) is 0 Å². The van der Waals surface area contributed by atoms with Gasteiger partial charge >= 0.3 is 0 Å². The van der Waals surface area contributed by atoms with Gasteiger partial charge in [-0.2, -0.15) is 0 Å². The summed E-state index contributed by atoms with van der Waals surface area (Å²) in [6.45, 7) is 0.522. The first-order valence-electron chi connectivity index (χ1n) is 5.77. The predicted molar refractivity (Wildman–Crippen MR) is 77.5 cm³/mol. The smallest absolute Gasteiger partial charge is 0.208 e. The summed E-state index contributed by atoms with van der Waals surface area (Å²) < 4.78 is 14.6. The number of halogens is 1. The first-order valence-corrected chi connectivity index (χ1v) is 7.40. The van der Waals surface area contributed by atoms with E-state index in [2.05, 4.69) is 10.2 Å². The molecule has 4 nitrogen and oxygen atoms in total. The summed E-state index contributed by atoms with van der Waals surface area (Å²) in [5, 5.41) is 8.87. The van der Waals surface area contributed by atoms with Gasteiger partial charge in [0.15, 0.2) is 4.34 Å². The third kappa shape index (κ3) is 3.65. The van der Waals surface area contributed by atoms with Crippen molar-refractivity contribution < 1.29 is 4.39 Å². The molecule has 0 bridgehead atoms. The minimum atomic E-state index is -0.238. The largest absolute Gasteiger partial charge is 0.353 e. The zero-order valence-corrected chi connectivity index (χ0v) is 12.4. The summed E-state index contributed by atoms with van der Waals surface area (Å²) in [4.78, 5) is 2.44. The van der Waals surface area contributed by atoms with Gasteiger partial charge in [-0.15, -0.1) is 10.2 Å². The van der Waals surface area contributed by atoms with Crippen molar-refractivity contribution in [2.75, 3.05) is 25.5 Å². The number of hydrogen-bond donors (Lipinski definition) is 1. The summed E-state index contributed by atoms with van der Waals surface area (Å²) in [5.41, 5.74) is 6.37.